The van der Waals surface area contributed by atoms with Gasteiger partial charge in [-0.2, -0.15) is 0 Å². The molecule has 0 fully saturated rings. The molecule has 2 aromatic heterocycles. The van der Waals surface area contributed by atoms with Gasteiger partial charge in [-0.05, 0) is 38.1 Å². The van der Waals surface area contributed by atoms with Crippen molar-refractivity contribution in [2.75, 3.05) is 0 Å². The van der Waals surface area contributed by atoms with Crippen molar-refractivity contribution in [2.45, 2.75) is 26.3 Å². The number of para-hydroxylation sites is 1. The van der Waals surface area contributed by atoms with Gasteiger partial charge in [0.25, 0.3) is 5.56 Å². The Morgan fingerprint density at radius 1 is 1.27 bits per heavy atom. The number of nitrogens with zero attached hydrogens (tertiary/aromatic N) is 2. The molecule has 0 saturated carbocycles. The molecule has 2 heterocycles. The summed E-state index contributed by atoms with van der Waals surface area (Å²) in [4.78, 5) is 29.3. The van der Waals surface area contributed by atoms with Crippen molar-refractivity contribution in [1.82, 2.24) is 9.55 Å². The lowest BCUT2D eigenvalue weighted by Gasteiger charge is -2.19. The Hall–Kier alpha value is -2.69. The Morgan fingerprint density at radius 3 is 2.73 bits per heavy atom. The van der Waals surface area contributed by atoms with E-state index < -0.39 is 6.04 Å². The highest BCUT2D eigenvalue weighted by atomic mass is 16.3. The molecule has 0 aliphatic carbocycles. The van der Waals surface area contributed by atoms with E-state index in [4.69, 9.17) is 4.42 Å². The van der Waals surface area contributed by atoms with E-state index in [9.17, 15) is 9.59 Å². The van der Waals surface area contributed by atoms with Crippen molar-refractivity contribution in [2.24, 2.45) is 0 Å². The molecule has 22 heavy (non-hydrogen) atoms. The summed E-state index contributed by atoms with van der Waals surface area (Å²) in [6.45, 7) is 3.22. The van der Waals surface area contributed by atoms with Gasteiger partial charge in [0, 0.05) is 6.42 Å². The smallest absolute Gasteiger partial charge is 0.262 e. The van der Waals surface area contributed by atoms with Gasteiger partial charge < -0.3 is 4.42 Å². The number of benzene rings is 1. The van der Waals surface area contributed by atoms with Crippen molar-refractivity contribution in [3.63, 3.8) is 0 Å². The molecule has 1 aromatic carbocycles. The maximum Gasteiger partial charge on any atom is 0.262 e. The second-order valence-electron chi connectivity index (χ2n) is 5.26. The maximum atomic E-state index is 12.8. The summed E-state index contributed by atoms with van der Waals surface area (Å²) in [5, 5.41) is 0.513. The van der Waals surface area contributed by atoms with Crippen LogP contribution in [0.2, 0.25) is 0 Å². The van der Waals surface area contributed by atoms with Crippen LogP contribution in [0.15, 0.2) is 51.9 Å². The number of aromatic nitrogens is 2. The zero-order valence-electron chi connectivity index (χ0n) is 12.4. The van der Waals surface area contributed by atoms with E-state index in [2.05, 4.69) is 4.98 Å². The third kappa shape index (κ3) is 2.45. The molecule has 0 amide bonds. The van der Waals surface area contributed by atoms with Gasteiger partial charge in [-0.15, -0.1) is 0 Å². The lowest BCUT2D eigenvalue weighted by molar-refractivity contribution is -0.120. The van der Waals surface area contributed by atoms with E-state index in [1.54, 1.807) is 43.5 Å². The Morgan fingerprint density at radius 2 is 2.05 bits per heavy atom. The van der Waals surface area contributed by atoms with Crippen LogP contribution in [0, 0.1) is 6.92 Å². The first-order valence-corrected chi connectivity index (χ1v) is 7.08. The summed E-state index contributed by atoms with van der Waals surface area (Å²) in [5.74, 6) is 1.09. The first-order chi connectivity index (χ1) is 10.6. The minimum atomic E-state index is -0.615. The number of ketones is 1. The van der Waals surface area contributed by atoms with Gasteiger partial charge in [0.15, 0.2) is 5.78 Å². The van der Waals surface area contributed by atoms with E-state index in [0.29, 0.717) is 28.9 Å². The first kappa shape index (κ1) is 14.3. The van der Waals surface area contributed by atoms with Gasteiger partial charge in [-0.1, -0.05) is 12.1 Å². The van der Waals surface area contributed by atoms with Gasteiger partial charge in [-0.25, -0.2) is 4.98 Å². The second-order valence-corrected chi connectivity index (χ2v) is 5.26. The molecular formula is C17H16N2O3. The summed E-state index contributed by atoms with van der Waals surface area (Å²) in [5.41, 5.74) is 0.441. The molecule has 3 aromatic rings. The molecule has 0 spiro atoms. The molecule has 0 bridgehead atoms. The average molecular weight is 296 g/mol. The second kappa shape index (κ2) is 5.60. The maximum absolute atomic E-state index is 12.8. The molecule has 0 unspecified atom stereocenters. The fourth-order valence-electron chi connectivity index (χ4n) is 2.66. The third-order valence-corrected chi connectivity index (χ3v) is 3.74. The lowest BCUT2D eigenvalue weighted by atomic mass is 10.1. The molecule has 0 radical (unpaired) electrons. The van der Waals surface area contributed by atoms with Gasteiger partial charge >= 0.3 is 0 Å². The number of carbonyl (C=O) groups is 1. The van der Waals surface area contributed by atoms with E-state index in [0.717, 1.165) is 0 Å². The van der Waals surface area contributed by atoms with Crippen molar-refractivity contribution in [1.29, 1.82) is 0 Å². The van der Waals surface area contributed by atoms with E-state index in [-0.39, 0.29) is 11.3 Å². The van der Waals surface area contributed by atoms with Crippen LogP contribution < -0.4 is 5.56 Å². The molecule has 3 rings (SSSR count). The number of furan rings is 1. The lowest BCUT2D eigenvalue weighted by Crippen LogP contribution is -2.32. The quantitative estimate of drug-likeness (QED) is 0.742. The van der Waals surface area contributed by atoms with Crippen molar-refractivity contribution in [3.8, 4) is 0 Å². The standard InChI is InChI=1S/C17H16N2O3/c1-11(20)16(10-13-6-5-9-22-13)19-12(2)18-15-8-4-3-7-14(15)17(19)21/h3-9,16H,10H2,1-2H3/t16-/m0/s1. The molecule has 112 valence electrons. The molecule has 1 atom stereocenters. The van der Waals surface area contributed by atoms with Crippen molar-refractivity contribution >= 4 is 16.7 Å². The predicted octanol–water partition coefficient (Wildman–Crippen LogP) is 2.67. The van der Waals surface area contributed by atoms with Crippen LogP contribution in [0.3, 0.4) is 0 Å². The van der Waals surface area contributed by atoms with Gasteiger partial charge in [0.1, 0.15) is 17.6 Å². The van der Waals surface area contributed by atoms with Gasteiger partial charge in [0.05, 0.1) is 17.2 Å². The molecule has 0 saturated heterocycles. The normalized spacial score (nSPS) is 12.5. The van der Waals surface area contributed by atoms with Crippen LogP contribution in [0.1, 0.15) is 24.6 Å². The van der Waals surface area contributed by atoms with E-state index in [1.807, 2.05) is 6.07 Å². The summed E-state index contributed by atoms with van der Waals surface area (Å²) in [7, 11) is 0. The number of rotatable bonds is 4. The topological polar surface area (TPSA) is 65.1 Å². The van der Waals surface area contributed by atoms with Crippen LogP contribution in [0.4, 0.5) is 0 Å². The zero-order valence-corrected chi connectivity index (χ0v) is 12.4. The predicted molar refractivity (Wildman–Crippen MR) is 82.9 cm³/mol. The minimum Gasteiger partial charge on any atom is -0.469 e. The SMILES string of the molecule is CC(=O)[C@H](Cc1ccco1)n1c(C)nc2ccccc2c1=O. The fourth-order valence-corrected chi connectivity index (χ4v) is 2.66. The minimum absolute atomic E-state index is 0.0984. The Labute approximate surface area is 127 Å². The Kier molecular flexibility index (Phi) is 3.63. The Balaban J connectivity index is 2.17. The van der Waals surface area contributed by atoms with Crippen LogP contribution in [0.25, 0.3) is 10.9 Å². The number of carbonyl (C=O) groups excluding carboxylic acids is 1. The Bertz CT molecular complexity index is 879. The summed E-state index contributed by atoms with van der Waals surface area (Å²) in [6.07, 6.45) is 1.89. The zero-order chi connectivity index (χ0) is 15.7. The molecule has 0 N–H and O–H groups in total. The largest absolute Gasteiger partial charge is 0.469 e. The summed E-state index contributed by atoms with van der Waals surface area (Å²) >= 11 is 0. The average Bonchev–Trinajstić information content (AvgIpc) is 2.99. The van der Waals surface area contributed by atoms with Crippen molar-refractivity contribution in [3.05, 3.63) is 64.6 Å². The number of fused-ring (bicyclic) bond motifs is 1. The molecule has 5 nitrogen and oxygen atoms in total. The molecule has 0 aliphatic heterocycles. The van der Waals surface area contributed by atoms with E-state index in [1.165, 1.54) is 11.5 Å². The van der Waals surface area contributed by atoms with Gasteiger partial charge in [0.2, 0.25) is 0 Å². The molecule has 0 aliphatic rings. The first-order valence-electron chi connectivity index (χ1n) is 7.08. The van der Waals surface area contributed by atoms with Crippen molar-refractivity contribution < 1.29 is 9.21 Å². The van der Waals surface area contributed by atoms with Crippen LogP contribution in [-0.4, -0.2) is 15.3 Å². The number of aryl methyl sites for hydroxylation is 1. The van der Waals surface area contributed by atoms with Crippen LogP contribution in [-0.2, 0) is 11.2 Å². The highest BCUT2D eigenvalue weighted by Gasteiger charge is 2.23. The van der Waals surface area contributed by atoms with Gasteiger partial charge in [-0.3, -0.25) is 14.2 Å². The highest BCUT2D eigenvalue weighted by Crippen LogP contribution is 2.18. The number of hydrogen-bond donors (Lipinski definition) is 0. The number of Topliss-reactive ketones (excluding diaryl/α,β-unsaturated/α-hetero) is 1. The number of hydrogen-bond acceptors (Lipinski definition) is 4. The van der Waals surface area contributed by atoms with E-state index >= 15 is 0 Å². The van der Waals surface area contributed by atoms with Crippen LogP contribution >= 0.6 is 0 Å². The highest BCUT2D eigenvalue weighted by molar-refractivity contribution is 5.82. The monoisotopic (exact) mass is 296 g/mol. The van der Waals surface area contributed by atoms with Crippen LogP contribution in [0.5, 0.6) is 0 Å². The summed E-state index contributed by atoms with van der Waals surface area (Å²) < 4.78 is 6.78. The summed E-state index contributed by atoms with van der Waals surface area (Å²) in [6, 6.07) is 10.1. The fraction of sp³-hybridized carbons (Fsp3) is 0.235. The molecular weight excluding hydrogens is 280 g/mol. The molecule has 5 heteroatoms. The third-order valence-electron chi connectivity index (χ3n) is 3.74.